The minimum absolute atomic E-state index is 0.402. The molecule has 1 N–H and O–H groups in total. The van der Waals surface area contributed by atoms with E-state index in [1.165, 1.54) is 0 Å². The normalized spacial score (nSPS) is 23.7. The van der Waals surface area contributed by atoms with Gasteiger partial charge >= 0.3 is 0 Å². The molecule has 0 radical (unpaired) electrons. The van der Waals surface area contributed by atoms with Crippen LogP contribution in [0.15, 0.2) is 43.0 Å². The second-order valence-electron chi connectivity index (χ2n) is 7.11. The Morgan fingerprint density at radius 1 is 1.19 bits per heavy atom. The fourth-order valence-corrected chi connectivity index (χ4v) is 4.11. The lowest BCUT2D eigenvalue weighted by atomic mass is 10.1. The number of nitrogens with zero attached hydrogens (tertiary/aromatic N) is 5. The van der Waals surface area contributed by atoms with E-state index in [1.807, 2.05) is 33.4 Å². The molecule has 0 amide bonds. The smallest absolute Gasteiger partial charge is 0.244 e. The highest BCUT2D eigenvalue weighted by molar-refractivity contribution is 5.84. The largest absolute Gasteiger partial charge is 0.479 e. The third kappa shape index (κ3) is 2.23. The van der Waals surface area contributed by atoms with E-state index in [9.17, 15) is 0 Å². The van der Waals surface area contributed by atoms with Gasteiger partial charge in [0.25, 0.3) is 0 Å². The van der Waals surface area contributed by atoms with E-state index >= 15 is 0 Å². The number of aromatic nitrogens is 5. The van der Waals surface area contributed by atoms with Gasteiger partial charge in [-0.15, -0.1) is 5.10 Å². The van der Waals surface area contributed by atoms with Crippen LogP contribution in [0.3, 0.4) is 0 Å². The van der Waals surface area contributed by atoms with Gasteiger partial charge in [-0.05, 0) is 18.2 Å². The molecule has 4 aromatic heterocycles. The quantitative estimate of drug-likeness (QED) is 0.599. The summed E-state index contributed by atoms with van der Waals surface area (Å²) in [4.78, 5) is 8.91. The lowest BCUT2D eigenvalue weighted by Gasteiger charge is -2.11. The molecule has 1 unspecified atom stereocenters. The van der Waals surface area contributed by atoms with Gasteiger partial charge in [0.2, 0.25) is 11.8 Å². The van der Waals surface area contributed by atoms with Crippen molar-refractivity contribution in [2.45, 2.75) is 6.04 Å². The van der Waals surface area contributed by atoms with Crippen LogP contribution in [0.1, 0.15) is 0 Å². The Balaban J connectivity index is 1.41. The average Bonchev–Trinajstić information content (AvgIpc) is 3.20. The molecule has 3 atom stereocenters. The number of hydrogen-bond acceptors (Lipinski definition) is 6. The van der Waals surface area contributed by atoms with Crippen LogP contribution < -0.4 is 10.1 Å². The maximum atomic E-state index is 5.60. The highest BCUT2D eigenvalue weighted by Crippen LogP contribution is 2.45. The number of rotatable bonds is 4. The maximum absolute atomic E-state index is 5.60. The van der Waals surface area contributed by atoms with Gasteiger partial charge in [0.05, 0.1) is 20.3 Å². The Hall–Kier alpha value is -3.13. The molecule has 8 nitrogen and oxygen atoms in total. The lowest BCUT2D eigenvalue weighted by Crippen LogP contribution is -2.16. The first kappa shape index (κ1) is 15.0. The van der Waals surface area contributed by atoms with Crippen molar-refractivity contribution in [1.82, 2.24) is 24.0 Å². The summed E-state index contributed by atoms with van der Waals surface area (Å²) in [5.74, 6) is 2.31. The number of hydrogen-bond donors (Lipinski definition) is 1. The van der Waals surface area contributed by atoms with E-state index in [4.69, 9.17) is 9.47 Å². The molecule has 6 rings (SSSR count). The van der Waals surface area contributed by atoms with Crippen LogP contribution in [0.5, 0.6) is 5.88 Å². The first-order valence-electron chi connectivity index (χ1n) is 9.02. The first-order valence-corrected chi connectivity index (χ1v) is 9.02. The molecule has 1 saturated carbocycles. The average molecular weight is 362 g/mol. The second kappa shape index (κ2) is 5.43. The van der Waals surface area contributed by atoms with Crippen molar-refractivity contribution in [3.63, 3.8) is 0 Å². The number of methoxy groups -OCH3 is 1. The van der Waals surface area contributed by atoms with Gasteiger partial charge in [0.1, 0.15) is 11.2 Å². The Labute approximate surface area is 154 Å². The van der Waals surface area contributed by atoms with E-state index in [2.05, 4.69) is 32.6 Å². The van der Waals surface area contributed by atoms with E-state index < -0.39 is 0 Å². The lowest BCUT2D eigenvalue weighted by molar-refractivity contribution is 0.162. The molecule has 136 valence electrons. The monoisotopic (exact) mass is 362 g/mol. The molecule has 0 spiro atoms. The summed E-state index contributed by atoms with van der Waals surface area (Å²) in [5, 5.41) is 8.08. The summed E-state index contributed by atoms with van der Waals surface area (Å²) in [6, 6.07) is 6.48. The fraction of sp³-hybridized carbons (Fsp3) is 0.316. The molecule has 2 aliphatic rings. The van der Waals surface area contributed by atoms with Gasteiger partial charge in [0.15, 0.2) is 0 Å². The summed E-state index contributed by atoms with van der Waals surface area (Å²) >= 11 is 0. The van der Waals surface area contributed by atoms with Crippen LogP contribution in [0.2, 0.25) is 0 Å². The summed E-state index contributed by atoms with van der Waals surface area (Å²) in [7, 11) is 1.64. The van der Waals surface area contributed by atoms with Crippen LogP contribution in [0.25, 0.3) is 22.3 Å². The van der Waals surface area contributed by atoms with Crippen LogP contribution in [-0.2, 0) is 4.74 Å². The number of nitrogens with one attached hydrogen (secondary N) is 1. The van der Waals surface area contributed by atoms with Crippen LogP contribution in [0, 0.1) is 11.8 Å². The number of fused-ring (bicyclic) bond motifs is 3. The summed E-state index contributed by atoms with van der Waals surface area (Å²) in [6.07, 6.45) is 7.71. The van der Waals surface area contributed by atoms with E-state index in [0.717, 1.165) is 35.5 Å². The van der Waals surface area contributed by atoms with Crippen molar-refractivity contribution >= 4 is 17.1 Å². The van der Waals surface area contributed by atoms with Crippen molar-refractivity contribution in [1.29, 1.82) is 0 Å². The van der Waals surface area contributed by atoms with E-state index in [1.54, 1.807) is 13.3 Å². The number of imidazole rings is 1. The van der Waals surface area contributed by atoms with Gasteiger partial charge < -0.3 is 19.2 Å². The number of anilines is 1. The Morgan fingerprint density at radius 2 is 2.07 bits per heavy atom. The molecule has 27 heavy (non-hydrogen) atoms. The highest BCUT2D eigenvalue weighted by Gasteiger charge is 2.54. The summed E-state index contributed by atoms with van der Waals surface area (Å²) < 4.78 is 14.9. The van der Waals surface area contributed by atoms with Crippen LogP contribution >= 0.6 is 0 Å². The molecule has 2 fully saturated rings. The van der Waals surface area contributed by atoms with Crippen LogP contribution in [-0.4, -0.2) is 50.3 Å². The van der Waals surface area contributed by atoms with Gasteiger partial charge in [-0.1, -0.05) is 0 Å². The molecule has 5 heterocycles. The maximum Gasteiger partial charge on any atom is 0.244 e. The summed E-state index contributed by atoms with van der Waals surface area (Å²) in [6.45, 7) is 1.65. The number of ether oxygens (including phenoxy) is 2. The Morgan fingerprint density at radius 3 is 2.93 bits per heavy atom. The standard InChI is InChI=1S/C19H18N6O2/c1-26-18-17-12(11-2-3-15-20-5-7-24(15)8-11)4-6-25(17)23-19(22-18)21-16-13-9-27-10-14(13)16/h2-8,13-14,16H,9-10H2,1H3,(H,21,23)/t13-,14+,16?. The van der Waals surface area contributed by atoms with Crippen molar-refractivity contribution in [2.75, 3.05) is 25.6 Å². The SMILES string of the molecule is COc1nc(NC2[C@H]3COC[C@@H]23)nn2ccc(-c3ccc4nccn4c3)c12. The van der Waals surface area contributed by atoms with Crippen molar-refractivity contribution in [3.8, 4) is 17.0 Å². The predicted molar refractivity (Wildman–Crippen MR) is 98.9 cm³/mol. The van der Waals surface area contributed by atoms with E-state index in [-0.39, 0.29) is 0 Å². The zero-order valence-electron chi connectivity index (χ0n) is 14.7. The molecular formula is C19H18N6O2. The van der Waals surface area contributed by atoms with Gasteiger partial charge in [-0.3, -0.25) is 0 Å². The highest BCUT2D eigenvalue weighted by atomic mass is 16.5. The predicted octanol–water partition coefficient (Wildman–Crippen LogP) is 2.11. The molecule has 1 saturated heterocycles. The van der Waals surface area contributed by atoms with Crippen molar-refractivity contribution < 1.29 is 9.47 Å². The Kier molecular flexibility index (Phi) is 3.01. The zero-order chi connectivity index (χ0) is 18.0. The van der Waals surface area contributed by atoms with Crippen molar-refractivity contribution in [3.05, 3.63) is 43.0 Å². The Bertz CT molecular complexity index is 1160. The first-order chi connectivity index (χ1) is 13.3. The molecule has 0 bridgehead atoms. The van der Waals surface area contributed by atoms with E-state index in [0.29, 0.717) is 29.7 Å². The zero-order valence-corrected chi connectivity index (χ0v) is 14.7. The second-order valence-corrected chi connectivity index (χ2v) is 7.11. The third-order valence-corrected chi connectivity index (χ3v) is 5.62. The topological polar surface area (TPSA) is 78.0 Å². The van der Waals surface area contributed by atoms with Crippen molar-refractivity contribution in [2.24, 2.45) is 11.8 Å². The molecular weight excluding hydrogens is 344 g/mol. The molecule has 1 aliphatic carbocycles. The van der Waals surface area contributed by atoms with Gasteiger partial charge in [-0.25, -0.2) is 9.50 Å². The molecule has 1 aliphatic heterocycles. The molecule has 8 heteroatoms. The molecule has 0 aromatic carbocycles. The third-order valence-electron chi connectivity index (χ3n) is 5.62. The fourth-order valence-electron chi connectivity index (χ4n) is 4.11. The minimum atomic E-state index is 0.402. The van der Waals surface area contributed by atoms with Gasteiger partial charge in [-0.2, -0.15) is 4.98 Å². The number of pyridine rings is 1. The van der Waals surface area contributed by atoms with Gasteiger partial charge in [0, 0.05) is 53.8 Å². The van der Waals surface area contributed by atoms with Crippen LogP contribution in [0.4, 0.5) is 5.95 Å². The molecule has 4 aromatic rings. The minimum Gasteiger partial charge on any atom is -0.479 e. The summed E-state index contributed by atoms with van der Waals surface area (Å²) in [5.41, 5.74) is 3.84.